The molecule has 0 aliphatic carbocycles. The van der Waals surface area contributed by atoms with Crippen LogP contribution in [0.25, 0.3) is 0 Å². The fourth-order valence-electron chi connectivity index (χ4n) is 1.68. The molecule has 0 atom stereocenters. The van der Waals surface area contributed by atoms with Crippen molar-refractivity contribution in [2.45, 2.75) is 13.5 Å². The molecule has 2 heterocycles. The van der Waals surface area contributed by atoms with Crippen molar-refractivity contribution in [3.8, 4) is 5.88 Å². The molecule has 2 rings (SSSR count). The highest BCUT2D eigenvalue weighted by molar-refractivity contribution is 5.41. The number of ether oxygens (including phenoxy) is 1. The van der Waals surface area contributed by atoms with E-state index in [1.807, 2.05) is 25.1 Å². The molecule has 0 saturated heterocycles. The Morgan fingerprint density at radius 3 is 2.89 bits per heavy atom. The monoisotopic (exact) mass is 259 g/mol. The fourth-order valence-corrected chi connectivity index (χ4v) is 1.68. The zero-order valence-corrected chi connectivity index (χ0v) is 10.9. The summed E-state index contributed by atoms with van der Waals surface area (Å²) in [7, 11) is 0. The van der Waals surface area contributed by atoms with E-state index in [9.17, 15) is 4.79 Å². The Morgan fingerprint density at radius 1 is 1.32 bits per heavy atom. The first-order valence-electron chi connectivity index (χ1n) is 6.28. The van der Waals surface area contributed by atoms with Gasteiger partial charge in [0.15, 0.2) is 0 Å². The molecule has 0 spiro atoms. The minimum absolute atomic E-state index is 0.00844. The van der Waals surface area contributed by atoms with Crippen LogP contribution in [0.5, 0.6) is 5.88 Å². The number of hydrogen-bond acceptors (Lipinski definition) is 4. The van der Waals surface area contributed by atoms with Crippen LogP contribution in [0.2, 0.25) is 0 Å². The number of aromatic nitrogens is 2. The van der Waals surface area contributed by atoms with E-state index in [0.29, 0.717) is 25.6 Å². The first-order chi connectivity index (χ1) is 9.29. The van der Waals surface area contributed by atoms with Gasteiger partial charge in [-0.3, -0.25) is 4.79 Å². The van der Waals surface area contributed by atoms with Gasteiger partial charge in [0.05, 0.1) is 18.5 Å². The van der Waals surface area contributed by atoms with Gasteiger partial charge in [0, 0.05) is 31.4 Å². The number of pyridine rings is 2. The molecule has 0 bridgehead atoms. The number of anilines is 1. The number of rotatable bonds is 6. The lowest BCUT2D eigenvalue weighted by Gasteiger charge is -2.08. The molecule has 0 aliphatic rings. The highest BCUT2D eigenvalue weighted by atomic mass is 16.5. The van der Waals surface area contributed by atoms with Crippen LogP contribution >= 0.6 is 0 Å². The maximum atomic E-state index is 11.5. The highest BCUT2D eigenvalue weighted by Crippen LogP contribution is 2.10. The molecular weight excluding hydrogens is 242 g/mol. The molecule has 0 aliphatic heterocycles. The molecule has 2 aromatic heterocycles. The Labute approximate surface area is 111 Å². The Kier molecular flexibility index (Phi) is 4.55. The first-order valence-corrected chi connectivity index (χ1v) is 6.28. The van der Waals surface area contributed by atoms with Crippen LogP contribution in [0, 0.1) is 0 Å². The largest absolute Gasteiger partial charge is 0.478 e. The zero-order valence-electron chi connectivity index (χ0n) is 10.9. The molecule has 0 amide bonds. The van der Waals surface area contributed by atoms with Gasteiger partial charge < -0.3 is 14.6 Å². The fraction of sp³-hybridized carbons (Fsp3) is 0.286. The average molecular weight is 259 g/mol. The summed E-state index contributed by atoms with van der Waals surface area (Å²) in [5.41, 5.74) is 0.918. The van der Waals surface area contributed by atoms with Crippen molar-refractivity contribution in [3.63, 3.8) is 0 Å². The summed E-state index contributed by atoms with van der Waals surface area (Å²) in [4.78, 5) is 15.6. The first kappa shape index (κ1) is 13.1. The highest BCUT2D eigenvalue weighted by Gasteiger charge is 1.97. The quantitative estimate of drug-likeness (QED) is 0.858. The van der Waals surface area contributed by atoms with Crippen LogP contribution in [0.1, 0.15) is 6.92 Å². The summed E-state index contributed by atoms with van der Waals surface area (Å²) in [6.07, 6.45) is 3.50. The molecule has 0 fully saturated rings. The van der Waals surface area contributed by atoms with Crippen LogP contribution in [0.3, 0.4) is 0 Å². The summed E-state index contributed by atoms with van der Waals surface area (Å²) in [6.45, 7) is 3.81. The molecule has 5 nitrogen and oxygen atoms in total. The van der Waals surface area contributed by atoms with E-state index in [-0.39, 0.29) is 5.56 Å². The molecule has 0 saturated carbocycles. The van der Waals surface area contributed by atoms with Gasteiger partial charge in [0.1, 0.15) is 0 Å². The van der Waals surface area contributed by atoms with Gasteiger partial charge in [0.2, 0.25) is 5.88 Å². The molecule has 1 N–H and O–H groups in total. The third-order valence-electron chi connectivity index (χ3n) is 2.61. The zero-order chi connectivity index (χ0) is 13.5. The lowest BCUT2D eigenvalue weighted by atomic mass is 10.4. The van der Waals surface area contributed by atoms with Crippen molar-refractivity contribution in [3.05, 3.63) is 53.1 Å². The van der Waals surface area contributed by atoms with E-state index in [1.165, 1.54) is 0 Å². The van der Waals surface area contributed by atoms with Crippen LogP contribution < -0.4 is 15.6 Å². The second-order valence-corrected chi connectivity index (χ2v) is 3.98. The minimum atomic E-state index is 0.00844. The van der Waals surface area contributed by atoms with Crippen LogP contribution in [-0.2, 0) is 6.54 Å². The van der Waals surface area contributed by atoms with E-state index in [0.717, 1.165) is 5.69 Å². The van der Waals surface area contributed by atoms with Crippen molar-refractivity contribution in [1.82, 2.24) is 9.55 Å². The van der Waals surface area contributed by atoms with Gasteiger partial charge in [-0.1, -0.05) is 6.07 Å². The molecular formula is C14H17N3O2. The molecule has 5 heteroatoms. The van der Waals surface area contributed by atoms with E-state index >= 15 is 0 Å². The van der Waals surface area contributed by atoms with Crippen molar-refractivity contribution in [2.75, 3.05) is 18.5 Å². The molecule has 0 unspecified atom stereocenters. The van der Waals surface area contributed by atoms with Gasteiger partial charge in [-0.05, 0) is 19.1 Å². The lowest BCUT2D eigenvalue weighted by molar-refractivity contribution is 0.327. The molecule has 0 aromatic carbocycles. The standard InChI is InChI=1S/C14H17N3O2/c1-2-19-13-7-6-12(11-16-13)15-8-10-17-9-4-3-5-14(17)18/h3-7,9,11,15H,2,8,10H2,1H3. The maximum absolute atomic E-state index is 11.5. The summed E-state index contributed by atoms with van der Waals surface area (Å²) in [5, 5.41) is 3.21. The SMILES string of the molecule is CCOc1ccc(NCCn2ccccc2=O)cn1. The van der Waals surface area contributed by atoms with Crippen molar-refractivity contribution in [2.24, 2.45) is 0 Å². The van der Waals surface area contributed by atoms with Crippen LogP contribution in [0.15, 0.2) is 47.5 Å². The third-order valence-corrected chi connectivity index (χ3v) is 2.61. The van der Waals surface area contributed by atoms with Crippen molar-refractivity contribution < 1.29 is 4.74 Å². The van der Waals surface area contributed by atoms with E-state index in [2.05, 4.69) is 10.3 Å². The number of nitrogens with one attached hydrogen (secondary N) is 1. The lowest BCUT2D eigenvalue weighted by Crippen LogP contribution is -2.22. The molecule has 19 heavy (non-hydrogen) atoms. The second-order valence-electron chi connectivity index (χ2n) is 3.98. The number of nitrogens with zero attached hydrogens (tertiary/aromatic N) is 2. The third kappa shape index (κ3) is 3.84. The van der Waals surface area contributed by atoms with Gasteiger partial charge >= 0.3 is 0 Å². The minimum Gasteiger partial charge on any atom is -0.478 e. The summed E-state index contributed by atoms with van der Waals surface area (Å²) >= 11 is 0. The van der Waals surface area contributed by atoms with Crippen molar-refractivity contribution in [1.29, 1.82) is 0 Å². The summed E-state index contributed by atoms with van der Waals surface area (Å²) < 4.78 is 6.93. The average Bonchev–Trinajstić information content (AvgIpc) is 2.43. The molecule has 0 radical (unpaired) electrons. The summed E-state index contributed by atoms with van der Waals surface area (Å²) in [5.74, 6) is 0.618. The van der Waals surface area contributed by atoms with E-state index < -0.39 is 0 Å². The normalized spacial score (nSPS) is 10.2. The smallest absolute Gasteiger partial charge is 0.250 e. The topological polar surface area (TPSA) is 56.1 Å². The Balaban J connectivity index is 1.86. The summed E-state index contributed by atoms with van der Waals surface area (Å²) in [6, 6.07) is 8.87. The second kappa shape index (κ2) is 6.58. The Morgan fingerprint density at radius 2 is 2.21 bits per heavy atom. The van der Waals surface area contributed by atoms with Gasteiger partial charge in [-0.2, -0.15) is 0 Å². The van der Waals surface area contributed by atoms with E-state index in [1.54, 1.807) is 29.1 Å². The van der Waals surface area contributed by atoms with Crippen molar-refractivity contribution >= 4 is 5.69 Å². The van der Waals surface area contributed by atoms with Crippen LogP contribution in [0.4, 0.5) is 5.69 Å². The number of hydrogen-bond donors (Lipinski definition) is 1. The predicted octanol–water partition coefficient (Wildman–Crippen LogP) is 1.75. The van der Waals surface area contributed by atoms with Gasteiger partial charge in [0.25, 0.3) is 5.56 Å². The molecule has 100 valence electrons. The van der Waals surface area contributed by atoms with E-state index in [4.69, 9.17) is 4.74 Å². The van der Waals surface area contributed by atoms with Gasteiger partial charge in [-0.15, -0.1) is 0 Å². The Hall–Kier alpha value is -2.30. The Bertz CT molecular complexity index is 563. The predicted molar refractivity (Wildman–Crippen MR) is 74.6 cm³/mol. The maximum Gasteiger partial charge on any atom is 0.250 e. The molecule has 2 aromatic rings. The van der Waals surface area contributed by atoms with Crippen LogP contribution in [-0.4, -0.2) is 22.7 Å². The van der Waals surface area contributed by atoms with Gasteiger partial charge in [-0.25, -0.2) is 4.98 Å².